The number of hydrogen-bond acceptors (Lipinski definition) is 5. The van der Waals surface area contributed by atoms with Crippen molar-refractivity contribution >= 4 is 30.2 Å². The number of likely N-dealkylation sites (tertiary alicyclic amines) is 1. The average molecular weight is 364 g/mol. The Morgan fingerprint density at radius 1 is 1.25 bits per heavy atom. The number of carbonyl (C=O) groups is 3. The van der Waals surface area contributed by atoms with Gasteiger partial charge in [0, 0.05) is 20.1 Å². The number of piperidine rings is 1. The van der Waals surface area contributed by atoms with E-state index in [1.807, 2.05) is 13.8 Å². The van der Waals surface area contributed by atoms with Gasteiger partial charge in [-0.2, -0.15) is 0 Å². The summed E-state index contributed by atoms with van der Waals surface area (Å²) in [7, 11) is 1.59. The highest BCUT2D eigenvalue weighted by molar-refractivity contribution is 5.87. The first-order valence-electron chi connectivity index (χ1n) is 8.22. The third kappa shape index (κ3) is 6.28. The number of hydrogen-bond donors (Lipinski definition) is 1. The second-order valence-electron chi connectivity index (χ2n) is 6.37. The summed E-state index contributed by atoms with van der Waals surface area (Å²) in [6.07, 6.45) is 1.21. The Hall–Kier alpha value is -1.34. The zero-order valence-corrected chi connectivity index (χ0v) is 15.8. The van der Waals surface area contributed by atoms with E-state index < -0.39 is 6.04 Å². The van der Waals surface area contributed by atoms with Crippen LogP contribution in [0.3, 0.4) is 0 Å². The first-order valence-corrected chi connectivity index (χ1v) is 8.22. The average Bonchev–Trinajstić information content (AvgIpc) is 2.53. The van der Waals surface area contributed by atoms with Gasteiger partial charge in [0.2, 0.25) is 11.8 Å². The van der Waals surface area contributed by atoms with E-state index in [2.05, 4.69) is 0 Å². The first-order chi connectivity index (χ1) is 10.8. The first kappa shape index (κ1) is 22.7. The van der Waals surface area contributed by atoms with E-state index in [9.17, 15) is 14.4 Å². The predicted molar refractivity (Wildman–Crippen MR) is 93.6 cm³/mol. The van der Waals surface area contributed by atoms with Crippen molar-refractivity contribution in [1.29, 1.82) is 0 Å². The van der Waals surface area contributed by atoms with Crippen LogP contribution in [0, 0.1) is 11.8 Å². The molecule has 0 aliphatic carbocycles. The molecule has 2 N–H and O–H groups in total. The fraction of sp³-hybridized carbons (Fsp3) is 0.812. The number of ether oxygens (including phenoxy) is 1. The third-order valence-corrected chi connectivity index (χ3v) is 4.22. The summed E-state index contributed by atoms with van der Waals surface area (Å²) >= 11 is 0. The quantitative estimate of drug-likeness (QED) is 0.699. The summed E-state index contributed by atoms with van der Waals surface area (Å²) < 4.78 is 5.01. The van der Waals surface area contributed by atoms with Crippen molar-refractivity contribution in [2.45, 2.75) is 39.7 Å². The molecule has 1 heterocycles. The van der Waals surface area contributed by atoms with Gasteiger partial charge < -0.3 is 20.3 Å². The van der Waals surface area contributed by atoms with Gasteiger partial charge in [-0.15, -0.1) is 12.4 Å². The molecule has 0 aromatic rings. The molecule has 0 saturated carbocycles. The number of carbonyl (C=O) groups excluding carboxylic acids is 3. The minimum absolute atomic E-state index is 0. The molecule has 1 rings (SSSR count). The summed E-state index contributed by atoms with van der Waals surface area (Å²) in [4.78, 5) is 39.1. The van der Waals surface area contributed by atoms with Crippen LogP contribution >= 0.6 is 12.4 Å². The molecule has 1 atom stereocenters. The van der Waals surface area contributed by atoms with Gasteiger partial charge in [-0.1, -0.05) is 13.8 Å². The second kappa shape index (κ2) is 10.5. The smallest absolute Gasteiger partial charge is 0.309 e. The van der Waals surface area contributed by atoms with E-state index >= 15 is 0 Å². The number of esters is 1. The van der Waals surface area contributed by atoms with Gasteiger partial charge in [0.15, 0.2) is 0 Å². The van der Waals surface area contributed by atoms with Crippen LogP contribution in [0.1, 0.15) is 33.6 Å². The van der Waals surface area contributed by atoms with E-state index in [-0.39, 0.29) is 48.6 Å². The van der Waals surface area contributed by atoms with Gasteiger partial charge in [-0.3, -0.25) is 14.4 Å². The van der Waals surface area contributed by atoms with Gasteiger partial charge in [0.05, 0.1) is 25.1 Å². The molecule has 8 heteroatoms. The Kier molecular flexibility index (Phi) is 9.92. The SMILES string of the molecule is CCOC(=O)C1CCN(C(=O)CN(C)C(=O)[C@@H](N)C(C)C)CC1.Cl. The van der Waals surface area contributed by atoms with Gasteiger partial charge in [-0.05, 0) is 25.7 Å². The van der Waals surface area contributed by atoms with Gasteiger partial charge in [0.25, 0.3) is 0 Å². The number of nitrogens with two attached hydrogens (primary N) is 1. The lowest BCUT2D eigenvalue weighted by molar-refractivity contribution is -0.151. The fourth-order valence-electron chi connectivity index (χ4n) is 2.55. The predicted octanol–water partition coefficient (Wildman–Crippen LogP) is 0.652. The highest BCUT2D eigenvalue weighted by Crippen LogP contribution is 2.19. The Morgan fingerprint density at radius 2 is 1.79 bits per heavy atom. The molecule has 0 radical (unpaired) electrons. The van der Waals surface area contributed by atoms with Crippen LogP contribution in [0.5, 0.6) is 0 Å². The van der Waals surface area contributed by atoms with Gasteiger partial charge in [-0.25, -0.2) is 0 Å². The summed E-state index contributed by atoms with van der Waals surface area (Å²) in [5.41, 5.74) is 5.83. The van der Waals surface area contributed by atoms with E-state index in [4.69, 9.17) is 10.5 Å². The molecule has 2 amide bonds. The molecular weight excluding hydrogens is 334 g/mol. The lowest BCUT2D eigenvalue weighted by Crippen LogP contribution is -2.50. The summed E-state index contributed by atoms with van der Waals surface area (Å²) in [5.74, 6) is -0.628. The lowest BCUT2D eigenvalue weighted by Gasteiger charge is -2.32. The zero-order valence-electron chi connectivity index (χ0n) is 15.0. The van der Waals surface area contributed by atoms with Crippen LogP contribution in [0.25, 0.3) is 0 Å². The number of rotatable bonds is 6. The summed E-state index contributed by atoms with van der Waals surface area (Å²) in [5, 5.41) is 0. The number of halogens is 1. The van der Waals surface area contributed by atoms with Crippen molar-refractivity contribution in [1.82, 2.24) is 9.80 Å². The van der Waals surface area contributed by atoms with Crippen molar-refractivity contribution < 1.29 is 19.1 Å². The molecule has 1 aliphatic heterocycles. The molecule has 1 fully saturated rings. The van der Waals surface area contributed by atoms with Gasteiger partial charge in [0.1, 0.15) is 0 Å². The molecule has 1 aliphatic rings. The molecule has 0 spiro atoms. The summed E-state index contributed by atoms with van der Waals surface area (Å²) in [6, 6.07) is -0.595. The third-order valence-electron chi connectivity index (χ3n) is 4.22. The van der Waals surface area contributed by atoms with Crippen molar-refractivity contribution in [3.63, 3.8) is 0 Å². The fourth-order valence-corrected chi connectivity index (χ4v) is 2.55. The number of amides is 2. The van der Waals surface area contributed by atoms with Crippen LogP contribution in [0.15, 0.2) is 0 Å². The normalized spacial score (nSPS) is 16.3. The van der Waals surface area contributed by atoms with Crippen LogP contribution < -0.4 is 5.73 Å². The van der Waals surface area contributed by atoms with E-state index in [0.29, 0.717) is 32.5 Å². The number of nitrogens with zero attached hydrogens (tertiary/aromatic N) is 2. The highest BCUT2D eigenvalue weighted by Gasteiger charge is 2.29. The molecule has 0 aromatic carbocycles. The maximum atomic E-state index is 12.3. The summed E-state index contributed by atoms with van der Waals surface area (Å²) in [6.45, 7) is 6.95. The van der Waals surface area contributed by atoms with Crippen LogP contribution in [0.4, 0.5) is 0 Å². The maximum Gasteiger partial charge on any atom is 0.309 e. The monoisotopic (exact) mass is 363 g/mol. The maximum absolute atomic E-state index is 12.3. The van der Waals surface area contributed by atoms with E-state index in [0.717, 1.165) is 0 Å². The van der Waals surface area contributed by atoms with Crippen LogP contribution in [0.2, 0.25) is 0 Å². The van der Waals surface area contributed by atoms with Crippen molar-refractivity contribution in [2.24, 2.45) is 17.6 Å². The van der Waals surface area contributed by atoms with E-state index in [1.54, 1.807) is 18.9 Å². The van der Waals surface area contributed by atoms with Gasteiger partial charge >= 0.3 is 5.97 Å². The van der Waals surface area contributed by atoms with Crippen LogP contribution in [-0.4, -0.2) is 66.9 Å². The molecular formula is C16H30ClN3O4. The highest BCUT2D eigenvalue weighted by atomic mass is 35.5. The minimum atomic E-state index is -0.595. The van der Waals surface area contributed by atoms with E-state index in [1.165, 1.54) is 4.90 Å². The molecule has 140 valence electrons. The molecule has 0 unspecified atom stereocenters. The largest absolute Gasteiger partial charge is 0.466 e. The zero-order chi connectivity index (χ0) is 17.6. The standard InChI is InChI=1S/C16H29N3O4.ClH/c1-5-23-16(22)12-6-8-19(9-7-12)13(20)10-18(4)15(21)14(17)11(2)3;/h11-12,14H,5-10,17H2,1-4H3;1H/t14-;/m0./s1. The number of likely N-dealkylation sites (N-methyl/N-ethyl adjacent to an activating group) is 1. The van der Waals surface area contributed by atoms with Crippen molar-refractivity contribution in [3.05, 3.63) is 0 Å². The second-order valence-corrected chi connectivity index (χ2v) is 6.37. The Morgan fingerprint density at radius 3 is 2.25 bits per heavy atom. The van der Waals surface area contributed by atoms with Crippen molar-refractivity contribution in [2.75, 3.05) is 33.3 Å². The van der Waals surface area contributed by atoms with Crippen LogP contribution in [-0.2, 0) is 19.1 Å². The van der Waals surface area contributed by atoms with Crippen molar-refractivity contribution in [3.8, 4) is 0 Å². The molecule has 24 heavy (non-hydrogen) atoms. The Bertz CT molecular complexity index is 437. The molecule has 0 aromatic heterocycles. The topological polar surface area (TPSA) is 92.9 Å². The lowest BCUT2D eigenvalue weighted by atomic mass is 9.97. The molecule has 1 saturated heterocycles. The molecule has 0 bridgehead atoms. The Labute approximate surface area is 150 Å². The molecule has 7 nitrogen and oxygen atoms in total. The Balaban J connectivity index is 0.00000529. The minimum Gasteiger partial charge on any atom is -0.466 e.